The van der Waals surface area contributed by atoms with Gasteiger partial charge in [-0.15, -0.1) is 0 Å². The lowest BCUT2D eigenvalue weighted by Gasteiger charge is -2.55. The van der Waals surface area contributed by atoms with Crippen LogP contribution in [-0.2, 0) is 4.74 Å². The standard InChI is InChI=1S/C20H29N3O/c1-20(2)17(16-10-12-24-18(16)20)22-19(21-3)23-11-9-15(13-23)14-7-5-4-6-8-14/h4-8,15-18H,9-13H2,1-3H3,(H,21,22). The lowest BCUT2D eigenvalue weighted by atomic mass is 9.57. The zero-order valence-corrected chi connectivity index (χ0v) is 15.0. The van der Waals surface area contributed by atoms with Gasteiger partial charge >= 0.3 is 0 Å². The molecule has 4 atom stereocenters. The summed E-state index contributed by atoms with van der Waals surface area (Å²) >= 11 is 0. The zero-order chi connectivity index (χ0) is 16.7. The van der Waals surface area contributed by atoms with E-state index in [9.17, 15) is 0 Å². The van der Waals surface area contributed by atoms with Crippen molar-refractivity contribution in [2.45, 2.75) is 44.8 Å². The molecule has 130 valence electrons. The number of guanidine groups is 1. The molecule has 24 heavy (non-hydrogen) atoms. The second-order valence-electron chi connectivity index (χ2n) is 8.08. The molecule has 1 aliphatic carbocycles. The van der Waals surface area contributed by atoms with E-state index >= 15 is 0 Å². The van der Waals surface area contributed by atoms with Crippen molar-refractivity contribution in [3.8, 4) is 0 Å². The van der Waals surface area contributed by atoms with Crippen LogP contribution in [0.25, 0.3) is 0 Å². The monoisotopic (exact) mass is 327 g/mol. The van der Waals surface area contributed by atoms with Crippen molar-refractivity contribution in [2.75, 3.05) is 26.7 Å². The number of aliphatic imine (C=N–C) groups is 1. The minimum absolute atomic E-state index is 0.190. The Morgan fingerprint density at radius 1 is 1.25 bits per heavy atom. The van der Waals surface area contributed by atoms with Crippen molar-refractivity contribution in [3.63, 3.8) is 0 Å². The van der Waals surface area contributed by atoms with Gasteiger partial charge in [0.05, 0.1) is 6.10 Å². The maximum atomic E-state index is 5.92. The highest BCUT2D eigenvalue weighted by molar-refractivity contribution is 5.81. The summed E-state index contributed by atoms with van der Waals surface area (Å²) in [6.45, 7) is 7.69. The highest BCUT2D eigenvalue weighted by Gasteiger charge is 2.59. The predicted octanol–water partition coefficient (Wildman–Crippen LogP) is 2.86. The van der Waals surface area contributed by atoms with E-state index in [-0.39, 0.29) is 5.41 Å². The smallest absolute Gasteiger partial charge is 0.193 e. The van der Waals surface area contributed by atoms with Gasteiger partial charge in [-0.2, -0.15) is 0 Å². The van der Waals surface area contributed by atoms with E-state index in [1.165, 1.54) is 18.4 Å². The van der Waals surface area contributed by atoms with Crippen LogP contribution in [0, 0.1) is 11.3 Å². The lowest BCUT2D eigenvalue weighted by Crippen LogP contribution is -2.68. The molecule has 4 rings (SSSR count). The van der Waals surface area contributed by atoms with Gasteiger partial charge in [-0.3, -0.25) is 4.99 Å². The average Bonchev–Trinajstić information content (AvgIpc) is 3.25. The number of rotatable bonds is 2. The summed E-state index contributed by atoms with van der Waals surface area (Å²) in [7, 11) is 1.91. The molecule has 2 aliphatic heterocycles. The summed E-state index contributed by atoms with van der Waals surface area (Å²) in [6.07, 6.45) is 2.80. The first-order valence-electron chi connectivity index (χ1n) is 9.26. The summed E-state index contributed by atoms with van der Waals surface area (Å²) in [4.78, 5) is 7.02. The third kappa shape index (κ3) is 2.52. The first kappa shape index (κ1) is 15.9. The summed E-state index contributed by atoms with van der Waals surface area (Å²) in [5.74, 6) is 2.32. The molecule has 1 saturated carbocycles. The fraction of sp³-hybridized carbons (Fsp3) is 0.650. The van der Waals surface area contributed by atoms with Crippen LogP contribution < -0.4 is 5.32 Å². The summed E-state index contributed by atoms with van der Waals surface area (Å²) in [6, 6.07) is 11.3. The van der Waals surface area contributed by atoms with Crippen LogP contribution >= 0.6 is 0 Å². The Kier molecular flexibility index (Phi) is 4.03. The van der Waals surface area contributed by atoms with Crippen molar-refractivity contribution >= 4 is 5.96 Å². The van der Waals surface area contributed by atoms with Crippen LogP contribution in [0.4, 0.5) is 0 Å². The van der Waals surface area contributed by atoms with Gasteiger partial charge < -0.3 is 15.0 Å². The molecule has 4 heteroatoms. The molecule has 0 spiro atoms. The van der Waals surface area contributed by atoms with Crippen LogP contribution in [0.15, 0.2) is 35.3 Å². The van der Waals surface area contributed by atoms with Crippen molar-refractivity contribution in [1.29, 1.82) is 0 Å². The normalized spacial score (nSPS) is 34.8. The van der Waals surface area contributed by atoms with Crippen LogP contribution in [0.1, 0.15) is 38.2 Å². The molecule has 0 radical (unpaired) electrons. The Bertz CT molecular complexity index is 613. The van der Waals surface area contributed by atoms with Gasteiger partial charge in [-0.25, -0.2) is 0 Å². The molecule has 2 heterocycles. The molecule has 3 fully saturated rings. The van der Waals surface area contributed by atoms with Gasteiger partial charge in [0, 0.05) is 50.0 Å². The molecule has 0 aromatic heterocycles. The van der Waals surface area contributed by atoms with Gasteiger partial charge in [-0.1, -0.05) is 44.2 Å². The minimum Gasteiger partial charge on any atom is -0.377 e. The Morgan fingerprint density at radius 2 is 2.04 bits per heavy atom. The van der Waals surface area contributed by atoms with E-state index in [0.717, 1.165) is 25.7 Å². The average molecular weight is 327 g/mol. The number of nitrogens with zero attached hydrogens (tertiary/aromatic N) is 2. The topological polar surface area (TPSA) is 36.9 Å². The van der Waals surface area contributed by atoms with Gasteiger partial charge in [0.1, 0.15) is 0 Å². The first-order valence-corrected chi connectivity index (χ1v) is 9.26. The molecule has 1 aromatic rings. The fourth-order valence-corrected chi connectivity index (χ4v) is 5.00. The third-order valence-electron chi connectivity index (χ3n) is 6.36. The largest absolute Gasteiger partial charge is 0.377 e. The molecule has 0 amide bonds. The Hall–Kier alpha value is -1.55. The first-order chi connectivity index (χ1) is 11.6. The summed E-state index contributed by atoms with van der Waals surface area (Å²) < 4.78 is 5.92. The number of nitrogens with one attached hydrogen (secondary N) is 1. The molecule has 1 N–H and O–H groups in total. The summed E-state index contributed by atoms with van der Waals surface area (Å²) in [5, 5.41) is 3.77. The van der Waals surface area contributed by atoms with E-state index < -0.39 is 0 Å². The maximum absolute atomic E-state index is 5.92. The third-order valence-corrected chi connectivity index (χ3v) is 6.36. The summed E-state index contributed by atoms with van der Waals surface area (Å²) in [5.41, 5.74) is 1.64. The molecule has 1 aromatic carbocycles. The van der Waals surface area contributed by atoms with Crippen LogP contribution in [-0.4, -0.2) is 49.7 Å². The lowest BCUT2D eigenvalue weighted by molar-refractivity contribution is -0.107. The van der Waals surface area contributed by atoms with E-state index in [2.05, 4.69) is 59.4 Å². The molecular formula is C20H29N3O. The minimum atomic E-state index is 0.190. The van der Waals surface area contributed by atoms with Crippen molar-refractivity contribution in [2.24, 2.45) is 16.3 Å². The maximum Gasteiger partial charge on any atom is 0.193 e. The Morgan fingerprint density at radius 3 is 2.79 bits per heavy atom. The highest BCUT2D eigenvalue weighted by atomic mass is 16.5. The predicted molar refractivity (Wildman–Crippen MR) is 97.3 cm³/mol. The second-order valence-corrected chi connectivity index (χ2v) is 8.08. The van der Waals surface area contributed by atoms with E-state index in [1.807, 2.05) is 7.05 Å². The van der Waals surface area contributed by atoms with E-state index in [0.29, 0.717) is 24.0 Å². The zero-order valence-electron chi connectivity index (χ0n) is 15.0. The Labute approximate surface area is 145 Å². The quantitative estimate of drug-likeness (QED) is 0.670. The van der Waals surface area contributed by atoms with Gasteiger partial charge in [0.15, 0.2) is 5.96 Å². The number of benzene rings is 1. The van der Waals surface area contributed by atoms with Gasteiger partial charge in [0.25, 0.3) is 0 Å². The number of hydrogen-bond acceptors (Lipinski definition) is 2. The van der Waals surface area contributed by atoms with E-state index in [1.54, 1.807) is 0 Å². The number of likely N-dealkylation sites (tertiary alicyclic amines) is 1. The van der Waals surface area contributed by atoms with Gasteiger partial charge in [-0.05, 0) is 18.4 Å². The second kappa shape index (κ2) is 6.07. The number of ether oxygens (including phenoxy) is 1. The van der Waals surface area contributed by atoms with Crippen LogP contribution in [0.2, 0.25) is 0 Å². The van der Waals surface area contributed by atoms with Crippen LogP contribution in [0.3, 0.4) is 0 Å². The fourth-order valence-electron chi connectivity index (χ4n) is 5.00. The van der Waals surface area contributed by atoms with Crippen molar-refractivity contribution in [3.05, 3.63) is 35.9 Å². The molecular weight excluding hydrogens is 298 g/mol. The SMILES string of the molecule is CN=C(NC1C2CCOC2C1(C)C)N1CCC(c2ccccc2)C1. The van der Waals surface area contributed by atoms with Crippen molar-refractivity contribution in [1.82, 2.24) is 10.2 Å². The molecule has 4 nitrogen and oxygen atoms in total. The van der Waals surface area contributed by atoms with Crippen molar-refractivity contribution < 1.29 is 4.74 Å². The molecule has 0 bridgehead atoms. The van der Waals surface area contributed by atoms with Gasteiger partial charge in [0.2, 0.25) is 0 Å². The molecule has 3 aliphatic rings. The van der Waals surface area contributed by atoms with E-state index in [4.69, 9.17) is 4.74 Å². The number of fused-ring (bicyclic) bond motifs is 1. The Balaban J connectivity index is 1.42. The van der Waals surface area contributed by atoms with Crippen LogP contribution in [0.5, 0.6) is 0 Å². The highest BCUT2D eigenvalue weighted by Crippen LogP contribution is 2.52. The molecule has 4 unspecified atom stereocenters. The number of hydrogen-bond donors (Lipinski definition) is 1. The molecule has 2 saturated heterocycles.